The quantitative estimate of drug-likeness (QED) is 0.909. The van der Waals surface area contributed by atoms with Crippen LogP contribution in [0.2, 0.25) is 0 Å². The zero-order valence-electron chi connectivity index (χ0n) is 12.3. The minimum Gasteiger partial charge on any atom is -0.349 e. The molecule has 1 amide bonds. The van der Waals surface area contributed by atoms with E-state index < -0.39 is 0 Å². The molecule has 110 valence electrons. The first-order valence-electron chi connectivity index (χ1n) is 7.56. The molecule has 1 aliphatic carbocycles. The van der Waals surface area contributed by atoms with E-state index in [0.717, 1.165) is 35.9 Å². The third kappa shape index (κ3) is 2.76. The highest BCUT2D eigenvalue weighted by molar-refractivity contribution is 6.05. The van der Waals surface area contributed by atoms with Gasteiger partial charge in [-0.15, -0.1) is 0 Å². The van der Waals surface area contributed by atoms with Crippen LogP contribution in [0.1, 0.15) is 35.3 Å². The molecule has 1 aromatic heterocycles. The van der Waals surface area contributed by atoms with Crippen molar-refractivity contribution in [2.24, 2.45) is 11.7 Å². The third-order valence-electron chi connectivity index (χ3n) is 4.38. The lowest BCUT2D eigenvalue weighted by molar-refractivity contribution is 0.0930. The molecule has 21 heavy (non-hydrogen) atoms. The van der Waals surface area contributed by atoms with Crippen LogP contribution in [0.3, 0.4) is 0 Å². The lowest BCUT2D eigenvalue weighted by Crippen LogP contribution is -2.40. The van der Waals surface area contributed by atoms with Gasteiger partial charge in [0.1, 0.15) is 0 Å². The van der Waals surface area contributed by atoms with Crippen molar-refractivity contribution in [1.29, 1.82) is 0 Å². The zero-order chi connectivity index (χ0) is 14.8. The van der Waals surface area contributed by atoms with Gasteiger partial charge in [-0.3, -0.25) is 9.78 Å². The molecular weight excluding hydrogens is 262 g/mol. The van der Waals surface area contributed by atoms with Gasteiger partial charge in [0.05, 0.1) is 11.1 Å². The average Bonchev–Trinajstić information content (AvgIpc) is 2.93. The second-order valence-corrected chi connectivity index (χ2v) is 5.84. The van der Waals surface area contributed by atoms with Crippen LogP contribution >= 0.6 is 0 Å². The number of nitrogens with one attached hydrogen (secondary N) is 1. The van der Waals surface area contributed by atoms with E-state index >= 15 is 0 Å². The van der Waals surface area contributed by atoms with Crippen molar-refractivity contribution >= 4 is 16.8 Å². The molecule has 2 aromatic rings. The number of carbonyl (C=O) groups excluding carboxylic acids is 1. The Labute approximate surface area is 124 Å². The van der Waals surface area contributed by atoms with E-state index in [1.165, 1.54) is 0 Å². The normalized spacial score (nSPS) is 21.6. The number of nitrogens with zero attached hydrogens (tertiary/aromatic N) is 1. The molecule has 3 rings (SSSR count). The summed E-state index contributed by atoms with van der Waals surface area (Å²) in [5.74, 6) is 0.364. The van der Waals surface area contributed by atoms with E-state index in [4.69, 9.17) is 5.73 Å². The van der Waals surface area contributed by atoms with Gasteiger partial charge in [-0.05, 0) is 44.4 Å². The number of aromatic nitrogens is 1. The summed E-state index contributed by atoms with van der Waals surface area (Å²) < 4.78 is 0. The molecule has 0 radical (unpaired) electrons. The van der Waals surface area contributed by atoms with Crippen LogP contribution in [0, 0.1) is 12.8 Å². The number of aryl methyl sites for hydroxylation is 1. The van der Waals surface area contributed by atoms with E-state index in [-0.39, 0.29) is 11.9 Å². The summed E-state index contributed by atoms with van der Waals surface area (Å²) in [5, 5.41) is 4.14. The average molecular weight is 283 g/mol. The number of para-hydroxylation sites is 1. The largest absolute Gasteiger partial charge is 0.349 e. The zero-order valence-corrected chi connectivity index (χ0v) is 12.3. The third-order valence-corrected chi connectivity index (χ3v) is 4.38. The summed E-state index contributed by atoms with van der Waals surface area (Å²) in [6.45, 7) is 2.58. The highest BCUT2D eigenvalue weighted by Gasteiger charge is 2.28. The SMILES string of the molecule is Cc1ccc2cccc(C(=O)NC3CCCC3CN)c2n1. The number of amides is 1. The van der Waals surface area contributed by atoms with Gasteiger partial charge in [-0.2, -0.15) is 0 Å². The molecular formula is C17H21N3O. The summed E-state index contributed by atoms with van der Waals surface area (Å²) in [5.41, 5.74) is 8.13. The summed E-state index contributed by atoms with van der Waals surface area (Å²) in [7, 11) is 0. The first-order valence-corrected chi connectivity index (χ1v) is 7.56. The van der Waals surface area contributed by atoms with Crippen LogP contribution in [0.15, 0.2) is 30.3 Å². The van der Waals surface area contributed by atoms with Crippen LogP contribution in [0.25, 0.3) is 10.9 Å². The number of hydrogen-bond donors (Lipinski definition) is 2. The second kappa shape index (κ2) is 5.82. The summed E-state index contributed by atoms with van der Waals surface area (Å²) in [6.07, 6.45) is 3.26. The predicted octanol–water partition coefficient (Wildman–Crippen LogP) is 2.40. The topological polar surface area (TPSA) is 68.0 Å². The molecule has 0 bridgehead atoms. The Balaban J connectivity index is 1.89. The van der Waals surface area contributed by atoms with Crippen LogP contribution in [-0.2, 0) is 0 Å². The van der Waals surface area contributed by atoms with E-state index in [9.17, 15) is 4.79 Å². The Kier molecular flexibility index (Phi) is 3.88. The Morgan fingerprint density at radius 3 is 3.00 bits per heavy atom. The molecule has 1 saturated carbocycles. The first kappa shape index (κ1) is 14.0. The molecule has 2 unspecified atom stereocenters. The molecule has 0 saturated heterocycles. The van der Waals surface area contributed by atoms with Crippen LogP contribution < -0.4 is 11.1 Å². The van der Waals surface area contributed by atoms with Gasteiger partial charge in [-0.25, -0.2) is 0 Å². The van der Waals surface area contributed by atoms with Crippen molar-refractivity contribution in [3.05, 3.63) is 41.6 Å². The number of hydrogen-bond acceptors (Lipinski definition) is 3. The van der Waals surface area contributed by atoms with Crippen molar-refractivity contribution in [2.75, 3.05) is 6.54 Å². The Hall–Kier alpha value is -1.94. The number of rotatable bonds is 3. The van der Waals surface area contributed by atoms with Crippen LogP contribution in [-0.4, -0.2) is 23.5 Å². The maximum absolute atomic E-state index is 12.6. The fourth-order valence-corrected chi connectivity index (χ4v) is 3.18. The fraction of sp³-hybridized carbons (Fsp3) is 0.412. The highest BCUT2D eigenvalue weighted by Crippen LogP contribution is 2.25. The lowest BCUT2D eigenvalue weighted by atomic mass is 10.0. The van der Waals surface area contributed by atoms with Crippen molar-refractivity contribution in [3.63, 3.8) is 0 Å². The molecule has 1 aromatic carbocycles. The minimum atomic E-state index is -0.0379. The Bertz CT molecular complexity index is 668. The van der Waals surface area contributed by atoms with E-state index in [1.807, 2.05) is 37.3 Å². The molecule has 4 heteroatoms. The first-order chi connectivity index (χ1) is 10.2. The van der Waals surface area contributed by atoms with Crippen LogP contribution in [0.5, 0.6) is 0 Å². The number of fused-ring (bicyclic) bond motifs is 1. The Morgan fingerprint density at radius 1 is 1.33 bits per heavy atom. The standard InChI is InChI=1S/C17H21N3O/c1-11-8-9-12-4-2-6-14(16(12)19-11)17(21)20-15-7-3-5-13(15)10-18/h2,4,6,8-9,13,15H,3,5,7,10,18H2,1H3,(H,20,21). The van der Waals surface area contributed by atoms with Gasteiger partial charge in [0, 0.05) is 17.1 Å². The summed E-state index contributed by atoms with van der Waals surface area (Å²) >= 11 is 0. The molecule has 1 heterocycles. The molecule has 1 fully saturated rings. The van der Waals surface area contributed by atoms with Gasteiger partial charge < -0.3 is 11.1 Å². The number of carbonyl (C=O) groups is 1. The summed E-state index contributed by atoms with van der Waals surface area (Å²) in [4.78, 5) is 17.1. The number of nitrogens with two attached hydrogens (primary N) is 1. The second-order valence-electron chi connectivity index (χ2n) is 5.84. The van der Waals surface area contributed by atoms with Gasteiger partial charge in [0.15, 0.2) is 0 Å². The maximum atomic E-state index is 12.6. The predicted molar refractivity (Wildman–Crippen MR) is 84.1 cm³/mol. The molecule has 2 atom stereocenters. The van der Waals surface area contributed by atoms with Crippen molar-refractivity contribution < 1.29 is 4.79 Å². The molecule has 4 nitrogen and oxygen atoms in total. The number of pyridine rings is 1. The van der Waals surface area contributed by atoms with Gasteiger partial charge in [0.2, 0.25) is 0 Å². The Morgan fingerprint density at radius 2 is 2.19 bits per heavy atom. The van der Waals surface area contributed by atoms with Crippen LogP contribution in [0.4, 0.5) is 0 Å². The van der Waals surface area contributed by atoms with Crippen molar-refractivity contribution in [1.82, 2.24) is 10.3 Å². The monoisotopic (exact) mass is 283 g/mol. The van der Waals surface area contributed by atoms with E-state index in [1.54, 1.807) is 0 Å². The van der Waals surface area contributed by atoms with Gasteiger partial charge >= 0.3 is 0 Å². The number of benzene rings is 1. The maximum Gasteiger partial charge on any atom is 0.253 e. The highest BCUT2D eigenvalue weighted by atomic mass is 16.1. The summed E-state index contributed by atoms with van der Waals surface area (Å²) in [6, 6.07) is 9.90. The molecule has 1 aliphatic rings. The van der Waals surface area contributed by atoms with E-state index in [2.05, 4.69) is 10.3 Å². The smallest absolute Gasteiger partial charge is 0.253 e. The molecule has 3 N–H and O–H groups in total. The minimum absolute atomic E-state index is 0.0379. The van der Waals surface area contributed by atoms with Crippen molar-refractivity contribution in [3.8, 4) is 0 Å². The van der Waals surface area contributed by atoms with Gasteiger partial charge in [-0.1, -0.05) is 24.6 Å². The molecule has 0 spiro atoms. The fourth-order valence-electron chi connectivity index (χ4n) is 3.18. The van der Waals surface area contributed by atoms with E-state index in [0.29, 0.717) is 18.0 Å². The van der Waals surface area contributed by atoms with Crippen molar-refractivity contribution in [2.45, 2.75) is 32.2 Å². The van der Waals surface area contributed by atoms with Gasteiger partial charge in [0.25, 0.3) is 5.91 Å². The molecule has 0 aliphatic heterocycles. The lowest BCUT2D eigenvalue weighted by Gasteiger charge is -2.19.